The maximum atomic E-state index is 14.0. The molecular formula is C30H26Cl2FN3O4. The van der Waals surface area contributed by atoms with E-state index < -0.39 is 11.5 Å². The van der Waals surface area contributed by atoms with Gasteiger partial charge in [-0.2, -0.15) is 0 Å². The molecule has 2 heterocycles. The topological polar surface area (TPSA) is 71.8 Å². The number of esters is 1. The largest absolute Gasteiger partial charge is 0.462 e. The number of hydrogen-bond acceptors (Lipinski definition) is 5. The number of carbonyl (C=O) groups is 2. The summed E-state index contributed by atoms with van der Waals surface area (Å²) in [5.41, 5.74) is 1.60. The maximum absolute atomic E-state index is 14.0. The van der Waals surface area contributed by atoms with Crippen molar-refractivity contribution in [3.63, 3.8) is 0 Å². The standard InChI is InChI=1S/C30H26Cl2FN3O4/c1-2-40-30(39)26-27(34-13-15-35(16-14-34)28(37)20-5-7-21(31)8-6-20)24-17-22(32)9-12-25(24)36(29(26)38)18-19-3-10-23(33)11-4-19/h3-12,17H,2,13-16,18H2,1H3. The van der Waals surface area contributed by atoms with E-state index in [1.807, 2.05) is 4.90 Å². The highest BCUT2D eigenvalue weighted by Crippen LogP contribution is 2.33. The molecule has 3 aromatic carbocycles. The number of benzene rings is 3. The minimum Gasteiger partial charge on any atom is -0.462 e. The Kier molecular flexibility index (Phi) is 8.09. The fourth-order valence-electron chi connectivity index (χ4n) is 4.97. The highest BCUT2D eigenvalue weighted by molar-refractivity contribution is 6.31. The van der Waals surface area contributed by atoms with Gasteiger partial charge in [-0.1, -0.05) is 35.3 Å². The highest BCUT2D eigenvalue weighted by atomic mass is 35.5. The smallest absolute Gasteiger partial charge is 0.345 e. The molecule has 7 nitrogen and oxygen atoms in total. The summed E-state index contributed by atoms with van der Waals surface area (Å²) in [6, 6.07) is 17.7. The lowest BCUT2D eigenvalue weighted by Crippen LogP contribution is -2.49. The lowest BCUT2D eigenvalue weighted by molar-refractivity contribution is 0.0523. The Labute approximate surface area is 240 Å². The van der Waals surface area contributed by atoms with Crippen molar-refractivity contribution in [2.45, 2.75) is 13.5 Å². The Balaban J connectivity index is 1.57. The molecule has 0 N–H and O–H groups in total. The Morgan fingerprint density at radius 2 is 1.55 bits per heavy atom. The van der Waals surface area contributed by atoms with E-state index >= 15 is 0 Å². The van der Waals surface area contributed by atoms with Crippen molar-refractivity contribution in [1.29, 1.82) is 0 Å². The Hall–Kier alpha value is -3.88. The number of fused-ring (bicyclic) bond motifs is 1. The van der Waals surface area contributed by atoms with Gasteiger partial charge in [0.2, 0.25) is 0 Å². The van der Waals surface area contributed by atoms with Gasteiger partial charge in [0.25, 0.3) is 11.5 Å². The second-order valence-electron chi connectivity index (χ2n) is 9.41. The molecule has 0 atom stereocenters. The average Bonchev–Trinajstić information content (AvgIpc) is 2.95. The molecule has 10 heteroatoms. The first kappa shape index (κ1) is 27.7. The summed E-state index contributed by atoms with van der Waals surface area (Å²) in [7, 11) is 0. The van der Waals surface area contributed by atoms with Gasteiger partial charge in [0, 0.05) is 47.2 Å². The third kappa shape index (κ3) is 5.55. The SMILES string of the molecule is CCOC(=O)c1c(N2CCN(C(=O)c3ccc(Cl)cc3)CC2)c2cc(Cl)ccc2n(Cc2ccc(F)cc2)c1=O. The molecule has 1 aliphatic rings. The molecule has 5 rings (SSSR count). The van der Waals surface area contributed by atoms with E-state index in [1.54, 1.807) is 66.4 Å². The zero-order valence-electron chi connectivity index (χ0n) is 21.7. The van der Waals surface area contributed by atoms with Crippen molar-refractivity contribution >= 4 is 51.7 Å². The number of hydrogen-bond donors (Lipinski definition) is 0. The van der Waals surface area contributed by atoms with E-state index in [2.05, 4.69) is 0 Å². The summed E-state index contributed by atoms with van der Waals surface area (Å²) in [5.74, 6) is -1.24. The normalized spacial score (nSPS) is 13.5. The molecule has 1 amide bonds. The van der Waals surface area contributed by atoms with Crippen LogP contribution < -0.4 is 10.5 Å². The molecule has 0 radical (unpaired) electrons. The first-order valence-electron chi connectivity index (χ1n) is 12.8. The van der Waals surface area contributed by atoms with Crippen LogP contribution in [0.1, 0.15) is 33.2 Å². The number of halogens is 3. The maximum Gasteiger partial charge on any atom is 0.345 e. The van der Waals surface area contributed by atoms with Crippen LogP contribution in [0.3, 0.4) is 0 Å². The number of ether oxygens (including phenoxy) is 1. The minimum absolute atomic E-state index is 0.0899. The summed E-state index contributed by atoms with van der Waals surface area (Å²) in [5, 5.41) is 1.59. The number of anilines is 1. The van der Waals surface area contributed by atoms with Crippen LogP contribution in [0.4, 0.5) is 10.1 Å². The predicted molar refractivity (Wildman–Crippen MR) is 154 cm³/mol. The van der Waals surface area contributed by atoms with E-state index in [4.69, 9.17) is 27.9 Å². The first-order valence-corrected chi connectivity index (χ1v) is 13.6. The van der Waals surface area contributed by atoms with Gasteiger partial charge in [-0.15, -0.1) is 0 Å². The number of nitrogens with zero attached hydrogens (tertiary/aromatic N) is 3. The Bertz CT molecular complexity index is 1630. The number of rotatable bonds is 6. The molecule has 206 valence electrons. The zero-order chi connectivity index (χ0) is 28.4. The fraction of sp³-hybridized carbons (Fsp3) is 0.233. The van der Waals surface area contributed by atoms with Gasteiger partial charge in [0.1, 0.15) is 11.4 Å². The Morgan fingerprint density at radius 3 is 2.20 bits per heavy atom. The minimum atomic E-state index is -0.739. The van der Waals surface area contributed by atoms with Crippen molar-refractivity contribution in [2.24, 2.45) is 0 Å². The second-order valence-corrected chi connectivity index (χ2v) is 10.3. The molecule has 1 aromatic heterocycles. The number of carbonyl (C=O) groups excluding carboxylic acids is 2. The lowest BCUT2D eigenvalue weighted by Gasteiger charge is -2.37. The van der Waals surface area contributed by atoms with Crippen LogP contribution in [-0.2, 0) is 11.3 Å². The van der Waals surface area contributed by atoms with Gasteiger partial charge in [-0.05, 0) is 67.1 Å². The molecule has 0 unspecified atom stereocenters. The van der Waals surface area contributed by atoms with Crippen molar-refractivity contribution in [1.82, 2.24) is 9.47 Å². The molecule has 0 aliphatic carbocycles. The van der Waals surface area contributed by atoms with Crippen LogP contribution in [0.15, 0.2) is 71.5 Å². The van der Waals surface area contributed by atoms with Crippen LogP contribution in [0, 0.1) is 5.82 Å². The fourth-order valence-corrected chi connectivity index (χ4v) is 5.26. The van der Waals surface area contributed by atoms with Gasteiger partial charge in [-0.25, -0.2) is 9.18 Å². The van der Waals surface area contributed by atoms with E-state index in [0.29, 0.717) is 63.9 Å². The van der Waals surface area contributed by atoms with E-state index in [1.165, 1.54) is 16.7 Å². The molecule has 40 heavy (non-hydrogen) atoms. The van der Waals surface area contributed by atoms with Crippen molar-refractivity contribution in [2.75, 3.05) is 37.7 Å². The zero-order valence-corrected chi connectivity index (χ0v) is 23.2. The van der Waals surface area contributed by atoms with E-state index in [-0.39, 0.29) is 30.4 Å². The van der Waals surface area contributed by atoms with E-state index in [9.17, 15) is 18.8 Å². The molecule has 0 spiro atoms. The summed E-state index contributed by atoms with van der Waals surface area (Å²) < 4.78 is 20.3. The highest BCUT2D eigenvalue weighted by Gasteiger charge is 2.30. The molecule has 1 fully saturated rings. The monoisotopic (exact) mass is 581 g/mol. The van der Waals surface area contributed by atoms with Gasteiger partial charge in [0.15, 0.2) is 0 Å². The number of piperazine rings is 1. The number of pyridine rings is 1. The van der Waals surface area contributed by atoms with Crippen LogP contribution in [0.2, 0.25) is 10.0 Å². The van der Waals surface area contributed by atoms with Crippen LogP contribution in [0.5, 0.6) is 0 Å². The van der Waals surface area contributed by atoms with Crippen LogP contribution >= 0.6 is 23.2 Å². The van der Waals surface area contributed by atoms with Crippen molar-refractivity contribution in [3.8, 4) is 0 Å². The molecule has 0 bridgehead atoms. The van der Waals surface area contributed by atoms with Gasteiger partial charge < -0.3 is 19.1 Å². The van der Waals surface area contributed by atoms with Crippen LogP contribution in [-0.4, -0.2) is 54.1 Å². The third-order valence-corrected chi connectivity index (χ3v) is 7.40. The van der Waals surface area contributed by atoms with Crippen LogP contribution in [0.25, 0.3) is 10.9 Å². The first-order chi connectivity index (χ1) is 19.3. The van der Waals surface area contributed by atoms with Gasteiger partial charge in [0.05, 0.1) is 24.4 Å². The molecule has 4 aromatic rings. The van der Waals surface area contributed by atoms with Gasteiger partial charge in [-0.3, -0.25) is 9.59 Å². The van der Waals surface area contributed by atoms with Gasteiger partial charge >= 0.3 is 5.97 Å². The Morgan fingerprint density at radius 1 is 0.900 bits per heavy atom. The summed E-state index contributed by atoms with van der Waals surface area (Å²) in [6.07, 6.45) is 0. The van der Waals surface area contributed by atoms with E-state index in [0.717, 1.165) is 0 Å². The summed E-state index contributed by atoms with van der Waals surface area (Å²) in [4.78, 5) is 44.0. The van der Waals surface area contributed by atoms with Crippen molar-refractivity contribution in [3.05, 3.63) is 110 Å². The number of aromatic nitrogens is 1. The number of amides is 1. The molecular weight excluding hydrogens is 556 g/mol. The molecule has 1 saturated heterocycles. The summed E-state index contributed by atoms with van der Waals surface area (Å²) >= 11 is 12.4. The second kappa shape index (κ2) is 11.7. The quantitative estimate of drug-likeness (QED) is 0.276. The predicted octanol–water partition coefficient (Wildman–Crippen LogP) is 5.63. The average molecular weight is 582 g/mol. The summed E-state index contributed by atoms with van der Waals surface area (Å²) in [6.45, 7) is 3.41. The molecule has 1 aliphatic heterocycles. The molecule has 0 saturated carbocycles. The third-order valence-electron chi connectivity index (χ3n) is 6.91. The van der Waals surface area contributed by atoms with Crippen molar-refractivity contribution < 1.29 is 18.7 Å². The lowest BCUT2D eigenvalue weighted by atomic mass is 10.0.